The summed E-state index contributed by atoms with van der Waals surface area (Å²) in [6, 6.07) is 0. The molecule has 0 radical (unpaired) electrons. The molecule has 4 rings (SSSR count). The average molecular weight is 346 g/mol. The molecule has 0 spiro atoms. The van der Waals surface area contributed by atoms with E-state index in [0.29, 0.717) is 18.7 Å². The van der Waals surface area contributed by atoms with Crippen molar-refractivity contribution in [3.05, 3.63) is 17.0 Å². The number of nitrogens with zero attached hydrogens (tertiary/aromatic N) is 3. The van der Waals surface area contributed by atoms with Gasteiger partial charge in [0.05, 0.1) is 5.60 Å². The first-order chi connectivity index (χ1) is 12.1. The molecule has 2 fully saturated rings. The van der Waals surface area contributed by atoms with Gasteiger partial charge in [-0.1, -0.05) is 0 Å². The molecule has 2 saturated heterocycles. The minimum absolute atomic E-state index is 0.0461. The number of fused-ring (bicyclic) bond motifs is 1. The van der Waals surface area contributed by atoms with Crippen LogP contribution < -0.4 is 0 Å². The Morgan fingerprint density at radius 1 is 1.04 bits per heavy atom. The summed E-state index contributed by atoms with van der Waals surface area (Å²) in [5.74, 6) is 0.0461. The SMILES string of the molecule is O=C(c1n[nH]c2c1CCCC2)N1CCC[C@@](O)(CN2CCCC2)CC1. The van der Waals surface area contributed by atoms with Crippen LogP contribution in [-0.2, 0) is 12.8 Å². The second-order valence-electron chi connectivity index (χ2n) is 8.09. The third-order valence-corrected chi connectivity index (χ3v) is 6.18. The molecule has 2 N–H and O–H groups in total. The number of H-pyrrole nitrogens is 1. The molecule has 138 valence electrons. The van der Waals surface area contributed by atoms with Crippen molar-refractivity contribution in [1.29, 1.82) is 0 Å². The molecule has 1 aromatic heterocycles. The number of rotatable bonds is 3. The van der Waals surface area contributed by atoms with Gasteiger partial charge in [-0.2, -0.15) is 5.10 Å². The van der Waals surface area contributed by atoms with Gasteiger partial charge < -0.3 is 14.9 Å². The van der Waals surface area contributed by atoms with Crippen LogP contribution in [0.1, 0.15) is 66.7 Å². The molecule has 0 bridgehead atoms. The van der Waals surface area contributed by atoms with Crippen LogP contribution in [0.25, 0.3) is 0 Å². The molecule has 3 aliphatic rings. The number of amides is 1. The van der Waals surface area contributed by atoms with Gasteiger partial charge in [0.15, 0.2) is 5.69 Å². The van der Waals surface area contributed by atoms with Crippen LogP contribution in [0.3, 0.4) is 0 Å². The lowest BCUT2D eigenvalue weighted by Gasteiger charge is -2.31. The Bertz CT molecular complexity index is 623. The van der Waals surface area contributed by atoms with E-state index < -0.39 is 5.60 Å². The lowest BCUT2D eigenvalue weighted by Crippen LogP contribution is -2.43. The number of β-amino-alcohol motifs (C(OH)–C–C–N with tert-alkyl or cyclic N) is 1. The maximum atomic E-state index is 13.0. The number of hydrogen-bond acceptors (Lipinski definition) is 4. The van der Waals surface area contributed by atoms with Gasteiger partial charge in [0, 0.05) is 30.9 Å². The molecule has 1 atom stereocenters. The van der Waals surface area contributed by atoms with Crippen LogP contribution in [0.4, 0.5) is 0 Å². The average Bonchev–Trinajstić information content (AvgIpc) is 3.22. The zero-order chi connectivity index (χ0) is 17.3. The molecule has 6 nitrogen and oxygen atoms in total. The fourth-order valence-corrected chi connectivity index (χ4v) is 4.70. The smallest absolute Gasteiger partial charge is 0.274 e. The number of carbonyl (C=O) groups is 1. The minimum Gasteiger partial charge on any atom is -0.388 e. The van der Waals surface area contributed by atoms with Gasteiger partial charge in [0.2, 0.25) is 0 Å². The molecule has 0 aromatic carbocycles. The summed E-state index contributed by atoms with van der Waals surface area (Å²) in [6.07, 6.45) is 9.08. The first-order valence-corrected chi connectivity index (χ1v) is 9.95. The van der Waals surface area contributed by atoms with E-state index in [0.717, 1.165) is 69.5 Å². The molecule has 1 aliphatic carbocycles. The standard InChI is InChI=1S/C19H30N4O2/c24-18(17-15-6-1-2-7-16(15)20-21-17)23-12-5-8-19(25,9-13-23)14-22-10-3-4-11-22/h25H,1-14H2,(H,20,21)/t19-/m0/s1. The van der Waals surface area contributed by atoms with E-state index in [1.54, 1.807) is 0 Å². The fourth-order valence-electron chi connectivity index (χ4n) is 4.70. The molecule has 25 heavy (non-hydrogen) atoms. The van der Waals surface area contributed by atoms with Gasteiger partial charge in [-0.15, -0.1) is 0 Å². The second-order valence-corrected chi connectivity index (χ2v) is 8.09. The Balaban J connectivity index is 1.42. The van der Waals surface area contributed by atoms with Crippen molar-refractivity contribution in [3.8, 4) is 0 Å². The van der Waals surface area contributed by atoms with E-state index in [1.165, 1.54) is 19.3 Å². The molecule has 6 heteroatoms. The van der Waals surface area contributed by atoms with Gasteiger partial charge in [-0.3, -0.25) is 9.89 Å². The van der Waals surface area contributed by atoms with Crippen molar-refractivity contribution in [2.75, 3.05) is 32.7 Å². The molecule has 0 saturated carbocycles. The molecule has 0 unspecified atom stereocenters. The molecular formula is C19H30N4O2. The van der Waals surface area contributed by atoms with E-state index in [1.807, 2.05) is 4.90 Å². The first kappa shape index (κ1) is 17.0. The summed E-state index contributed by atoms with van der Waals surface area (Å²) in [5.41, 5.74) is 2.26. The topological polar surface area (TPSA) is 72.5 Å². The lowest BCUT2D eigenvalue weighted by molar-refractivity contribution is -0.00292. The summed E-state index contributed by atoms with van der Waals surface area (Å²) in [7, 11) is 0. The quantitative estimate of drug-likeness (QED) is 0.874. The molecular weight excluding hydrogens is 316 g/mol. The van der Waals surface area contributed by atoms with Crippen LogP contribution >= 0.6 is 0 Å². The van der Waals surface area contributed by atoms with Crippen molar-refractivity contribution in [1.82, 2.24) is 20.0 Å². The molecule has 1 amide bonds. The summed E-state index contributed by atoms with van der Waals surface area (Å²) >= 11 is 0. The number of aryl methyl sites for hydroxylation is 1. The van der Waals surface area contributed by atoms with Crippen LogP contribution in [0.5, 0.6) is 0 Å². The van der Waals surface area contributed by atoms with Crippen LogP contribution in [0, 0.1) is 0 Å². The Kier molecular flexibility index (Phi) is 4.82. The number of aromatic amines is 1. The third-order valence-electron chi connectivity index (χ3n) is 6.18. The predicted octanol–water partition coefficient (Wildman–Crippen LogP) is 1.74. The molecule has 2 aliphatic heterocycles. The fraction of sp³-hybridized carbons (Fsp3) is 0.789. The van der Waals surface area contributed by atoms with Gasteiger partial charge in [0.1, 0.15) is 0 Å². The number of aliphatic hydroxyl groups is 1. The van der Waals surface area contributed by atoms with Crippen LogP contribution in [0.2, 0.25) is 0 Å². The highest BCUT2D eigenvalue weighted by atomic mass is 16.3. The maximum absolute atomic E-state index is 13.0. The highest BCUT2D eigenvalue weighted by Gasteiger charge is 2.35. The predicted molar refractivity (Wildman–Crippen MR) is 95.6 cm³/mol. The van der Waals surface area contributed by atoms with Crippen molar-refractivity contribution < 1.29 is 9.90 Å². The summed E-state index contributed by atoms with van der Waals surface area (Å²) < 4.78 is 0. The number of likely N-dealkylation sites (tertiary alicyclic amines) is 2. The largest absolute Gasteiger partial charge is 0.388 e. The summed E-state index contributed by atoms with van der Waals surface area (Å²) in [4.78, 5) is 17.3. The van der Waals surface area contributed by atoms with Gasteiger partial charge >= 0.3 is 0 Å². The monoisotopic (exact) mass is 346 g/mol. The Labute approximate surface area is 149 Å². The summed E-state index contributed by atoms with van der Waals surface area (Å²) in [6.45, 7) is 4.31. The third kappa shape index (κ3) is 3.60. The van der Waals surface area contributed by atoms with Crippen molar-refractivity contribution in [3.63, 3.8) is 0 Å². The summed E-state index contributed by atoms with van der Waals surface area (Å²) in [5, 5.41) is 18.4. The van der Waals surface area contributed by atoms with E-state index in [-0.39, 0.29) is 5.91 Å². The zero-order valence-corrected chi connectivity index (χ0v) is 15.1. The first-order valence-electron chi connectivity index (χ1n) is 9.95. The zero-order valence-electron chi connectivity index (χ0n) is 15.1. The Hall–Kier alpha value is -1.40. The van der Waals surface area contributed by atoms with Crippen LogP contribution in [0.15, 0.2) is 0 Å². The van der Waals surface area contributed by atoms with E-state index in [9.17, 15) is 9.90 Å². The van der Waals surface area contributed by atoms with Gasteiger partial charge in [0.25, 0.3) is 5.91 Å². The van der Waals surface area contributed by atoms with Gasteiger partial charge in [-0.25, -0.2) is 0 Å². The number of hydrogen-bond donors (Lipinski definition) is 2. The maximum Gasteiger partial charge on any atom is 0.274 e. The van der Waals surface area contributed by atoms with Crippen LogP contribution in [-0.4, -0.2) is 69.3 Å². The second kappa shape index (κ2) is 7.08. The van der Waals surface area contributed by atoms with Crippen molar-refractivity contribution in [2.24, 2.45) is 0 Å². The number of nitrogens with one attached hydrogen (secondary N) is 1. The normalized spacial score (nSPS) is 28.0. The van der Waals surface area contributed by atoms with Gasteiger partial charge in [-0.05, 0) is 70.9 Å². The Morgan fingerprint density at radius 2 is 1.84 bits per heavy atom. The molecule has 1 aromatic rings. The minimum atomic E-state index is -0.648. The van der Waals surface area contributed by atoms with E-state index in [2.05, 4.69) is 15.1 Å². The van der Waals surface area contributed by atoms with Crippen molar-refractivity contribution >= 4 is 5.91 Å². The molecule has 3 heterocycles. The van der Waals surface area contributed by atoms with Crippen molar-refractivity contribution in [2.45, 2.75) is 63.4 Å². The number of carbonyl (C=O) groups excluding carboxylic acids is 1. The lowest BCUT2D eigenvalue weighted by atomic mass is 9.94. The Morgan fingerprint density at radius 3 is 2.68 bits per heavy atom. The van der Waals surface area contributed by atoms with E-state index in [4.69, 9.17) is 0 Å². The van der Waals surface area contributed by atoms with E-state index >= 15 is 0 Å². The highest BCUT2D eigenvalue weighted by Crippen LogP contribution is 2.27. The highest BCUT2D eigenvalue weighted by molar-refractivity contribution is 5.94. The number of aromatic nitrogens is 2.